The van der Waals surface area contributed by atoms with Crippen molar-refractivity contribution in [2.75, 3.05) is 36.6 Å². The normalized spacial score (nSPS) is 12.4. The minimum atomic E-state index is -4.37. The molecule has 0 saturated carbocycles. The summed E-state index contributed by atoms with van der Waals surface area (Å²) in [5.41, 5.74) is 0.722. The van der Waals surface area contributed by atoms with Crippen molar-refractivity contribution in [3.05, 3.63) is 48.5 Å². The van der Waals surface area contributed by atoms with Gasteiger partial charge in [0, 0.05) is 20.2 Å². The molecule has 3 N–H and O–H groups in total. The lowest BCUT2D eigenvalue weighted by Crippen LogP contribution is -2.39. The molecule has 2 rings (SSSR count). The lowest BCUT2D eigenvalue weighted by Gasteiger charge is -2.41. The molecule has 0 spiro atoms. The second kappa shape index (κ2) is 7.99. The number of anilines is 2. The van der Waals surface area contributed by atoms with Gasteiger partial charge in [-0.15, -0.1) is 9.53 Å². The summed E-state index contributed by atoms with van der Waals surface area (Å²) in [6.45, 7) is 1.14. The van der Waals surface area contributed by atoms with Crippen LogP contribution in [0.2, 0.25) is 0 Å². The second-order valence-corrected chi connectivity index (χ2v) is 9.69. The molecule has 152 valence electrons. The van der Waals surface area contributed by atoms with Crippen molar-refractivity contribution in [3.63, 3.8) is 0 Å². The van der Waals surface area contributed by atoms with E-state index in [9.17, 15) is 18.4 Å². The summed E-state index contributed by atoms with van der Waals surface area (Å²) >= 11 is 0. The van der Waals surface area contributed by atoms with Crippen LogP contribution in [0.15, 0.2) is 53.4 Å². The zero-order valence-electron chi connectivity index (χ0n) is 16.3. The van der Waals surface area contributed by atoms with E-state index < -0.39 is 9.53 Å². The Bertz CT molecular complexity index is 940. The molecule has 0 radical (unpaired) electrons. The summed E-state index contributed by atoms with van der Waals surface area (Å²) in [4.78, 5) is 24.9. The van der Waals surface area contributed by atoms with Gasteiger partial charge in [-0.2, -0.15) is 4.21 Å². The average Bonchev–Trinajstić information content (AvgIpc) is 2.65. The molecule has 0 aromatic heterocycles. The van der Waals surface area contributed by atoms with Crippen molar-refractivity contribution in [2.24, 2.45) is 0 Å². The summed E-state index contributed by atoms with van der Waals surface area (Å²) in [6.07, 6.45) is 1.22. The van der Waals surface area contributed by atoms with E-state index >= 15 is 0 Å². The molecule has 0 saturated heterocycles. The van der Waals surface area contributed by atoms with E-state index in [4.69, 9.17) is 4.74 Å². The van der Waals surface area contributed by atoms with Crippen molar-refractivity contribution in [2.45, 2.75) is 11.8 Å². The molecular formula is C19H25N3O5S. The maximum atomic E-state index is 13.2. The third-order valence-corrected chi connectivity index (χ3v) is 6.16. The maximum Gasteiger partial charge on any atom is 0.246 e. The Kier molecular flexibility index (Phi) is 6.10. The minimum Gasteiger partial charge on any atom is -0.495 e. The van der Waals surface area contributed by atoms with Crippen LogP contribution in [0.4, 0.5) is 11.4 Å². The zero-order chi connectivity index (χ0) is 21.0. The van der Waals surface area contributed by atoms with Crippen molar-refractivity contribution in [3.8, 4) is 5.75 Å². The number of ether oxygens (including phenoxy) is 1. The van der Waals surface area contributed by atoms with E-state index in [1.54, 1.807) is 48.5 Å². The standard InChI is InChI=1S/C19H25N3O5S/c1-14(23)20-13-19(24)22(2)17-12-15(10-11-18(17)27-3)21-28(4,25,26)16-8-6-5-7-9-16/h5-12H,13H2,1-4H3,(H,20,23)(H2,21,25,26). The van der Waals surface area contributed by atoms with E-state index in [-0.39, 0.29) is 23.3 Å². The monoisotopic (exact) mass is 407 g/mol. The summed E-state index contributed by atoms with van der Waals surface area (Å²) in [5.74, 6) is -0.283. The van der Waals surface area contributed by atoms with Gasteiger partial charge in [-0.1, -0.05) is 18.2 Å². The average molecular weight is 407 g/mol. The second-order valence-electron chi connectivity index (χ2n) is 6.45. The van der Waals surface area contributed by atoms with Crippen LogP contribution in [-0.2, 0) is 19.1 Å². The third kappa shape index (κ3) is 5.08. The minimum absolute atomic E-state index is 0.177. The number of hydrogen-bond acceptors (Lipinski definition) is 4. The number of carbonyl (C=O) groups excluding carboxylic acids is 2. The van der Waals surface area contributed by atoms with Gasteiger partial charge in [0.1, 0.15) is 5.75 Å². The maximum absolute atomic E-state index is 13.2. The summed E-state index contributed by atoms with van der Waals surface area (Å²) < 4.78 is 32.0. The molecule has 2 aromatic carbocycles. The van der Waals surface area contributed by atoms with E-state index in [0.717, 1.165) is 0 Å². The Morgan fingerprint density at radius 2 is 1.82 bits per heavy atom. The number of likely N-dealkylation sites (N-methyl/N-ethyl adjacent to an activating group) is 1. The van der Waals surface area contributed by atoms with Crippen LogP contribution in [0.5, 0.6) is 5.75 Å². The molecule has 2 aromatic rings. The van der Waals surface area contributed by atoms with E-state index in [1.807, 2.05) is 0 Å². The molecule has 8 nitrogen and oxygen atoms in total. The van der Waals surface area contributed by atoms with Crippen LogP contribution < -0.4 is 19.7 Å². The largest absolute Gasteiger partial charge is 0.495 e. The Morgan fingerprint density at radius 1 is 1.18 bits per heavy atom. The smallest absolute Gasteiger partial charge is 0.246 e. The molecule has 0 heterocycles. The highest BCUT2D eigenvalue weighted by molar-refractivity contribution is 8.15. The number of nitrogens with zero attached hydrogens (tertiary/aromatic N) is 1. The molecule has 2 amide bonds. The van der Waals surface area contributed by atoms with Gasteiger partial charge in [-0.3, -0.25) is 18.9 Å². The topological polar surface area (TPSA) is 108 Å². The first-order valence-electron chi connectivity index (χ1n) is 8.44. The molecule has 0 atom stereocenters. The number of hydrogen-bond donors (Lipinski definition) is 3. The first-order valence-corrected chi connectivity index (χ1v) is 10.8. The molecule has 0 unspecified atom stereocenters. The molecular weight excluding hydrogens is 382 g/mol. The number of amides is 2. The summed E-state index contributed by atoms with van der Waals surface area (Å²) in [5, 5.41) is 2.44. The number of nitrogens with one attached hydrogen (secondary N) is 2. The molecule has 28 heavy (non-hydrogen) atoms. The van der Waals surface area contributed by atoms with Crippen molar-refractivity contribution < 1.29 is 23.1 Å². The lowest BCUT2D eigenvalue weighted by atomic mass is 10.2. The van der Waals surface area contributed by atoms with E-state index in [2.05, 4.69) is 10.0 Å². The Morgan fingerprint density at radius 3 is 2.39 bits per heavy atom. The summed E-state index contributed by atoms with van der Waals surface area (Å²) in [6, 6.07) is 13.0. The number of rotatable bonds is 7. The zero-order valence-corrected chi connectivity index (χ0v) is 17.1. The fourth-order valence-corrected chi connectivity index (χ4v) is 4.14. The summed E-state index contributed by atoms with van der Waals surface area (Å²) in [7, 11) is -1.38. The molecule has 9 heteroatoms. The van der Waals surface area contributed by atoms with Crippen molar-refractivity contribution >= 4 is 32.7 Å². The third-order valence-electron chi connectivity index (χ3n) is 4.06. The van der Waals surface area contributed by atoms with Gasteiger partial charge in [0.05, 0.1) is 29.9 Å². The van der Waals surface area contributed by atoms with E-state index in [0.29, 0.717) is 17.1 Å². The molecule has 0 aliphatic rings. The Balaban J connectivity index is 2.35. The lowest BCUT2D eigenvalue weighted by molar-refractivity contribution is -0.123. The predicted molar refractivity (Wildman–Crippen MR) is 110 cm³/mol. The van der Waals surface area contributed by atoms with Crippen LogP contribution in [0, 0.1) is 0 Å². The van der Waals surface area contributed by atoms with Gasteiger partial charge in [-0.25, -0.2) is 0 Å². The Hall–Kier alpha value is -2.91. The highest BCUT2D eigenvalue weighted by atomic mass is 32.3. The van der Waals surface area contributed by atoms with Gasteiger partial charge in [0.2, 0.25) is 11.8 Å². The van der Waals surface area contributed by atoms with E-state index in [1.165, 1.54) is 32.2 Å². The number of carbonyl (C=O) groups is 2. The Labute approximate surface area is 164 Å². The van der Waals surface area contributed by atoms with Crippen LogP contribution in [0.3, 0.4) is 0 Å². The van der Waals surface area contributed by atoms with Gasteiger partial charge in [0.25, 0.3) is 0 Å². The number of methoxy groups -OCH3 is 1. The first kappa shape index (κ1) is 21.4. The SMILES string of the molecule is COc1ccc(NS(C)(=O)(O)c2ccccc2)cc1N(C)C(=O)CNC(C)=O. The predicted octanol–water partition coefficient (Wildman–Crippen LogP) is 2.10. The fraction of sp³-hybridized carbons (Fsp3) is 0.263. The van der Waals surface area contributed by atoms with Crippen LogP contribution in [0.1, 0.15) is 6.92 Å². The van der Waals surface area contributed by atoms with Crippen molar-refractivity contribution in [1.29, 1.82) is 0 Å². The highest BCUT2D eigenvalue weighted by Crippen LogP contribution is 2.35. The molecule has 0 fully saturated rings. The fourth-order valence-electron chi connectivity index (χ4n) is 2.55. The number of benzene rings is 2. The van der Waals surface area contributed by atoms with Gasteiger partial charge < -0.3 is 15.0 Å². The molecule has 0 aliphatic heterocycles. The van der Waals surface area contributed by atoms with Crippen LogP contribution in [0.25, 0.3) is 0 Å². The quantitative estimate of drug-likeness (QED) is 0.651. The van der Waals surface area contributed by atoms with Gasteiger partial charge in [-0.05, 0) is 30.3 Å². The van der Waals surface area contributed by atoms with Crippen LogP contribution >= 0.6 is 0 Å². The first-order chi connectivity index (χ1) is 13.0. The highest BCUT2D eigenvalue weighted by Gasteiger charge is 2.24. The van der Waals surface area contributed by atoms with Gasteiger partial charge >= 0.3 is 0 Å². The van der Waals surface area contributed by atoms with Gasteiger partial charge in [0.15, 0.2) is 0 Å². The molecule has 0 aliphatic carbocycles. The van der Waals surface area contributed by atoms with Crippen LogP contribution in [-0.4, -0.2) is 47.5 Å². The van der Waals surface area contributed by atoms with Crippen molar-refractivity contribution in [1.82, 2.24) is 5.32 Å². The molecule has 0 bridgehead atoms.